The summed E-state index contributed by atoms with van der Waals surface area (Å²) in [6.45, 7) is 7.74. The molecular formula is C19H32N2O7S. The van der Waals surface area contributed by atoms with Gasteiger partial charge < -0.3 is 19.3 Å². The summed E-state index contributed by atoms with van der Waals surface area (Å²) in [4.78, 5) is 40.1. The van der Waals surface area contributed by atoms with E-state index in [1.807, 2.05) is 0 Å². The van der Waals surface area contributed by atoms with Crippen molar-refractivity contribution in [2.24, 2.45) is 5.92 Å². The van der Waals surface area contributed by atoms with Crippen molar-refractivity contribution in [3.63, 3.8) is 0 Å². The molecule has 10 heteroatoms. The summed E-state index contributed by atoms with van der Waals surface area (Å²) in [5, 5.41) is 0. The maximum atomic E-state index is 12.5. The van der Waals surface area contributed by atoms with Crippen LogP contribution in [0.4, 0.5) is 4.79 Å². The van der Waals surface area contributed by atoms with Gasteiger partial charge in [0.2, 0.25) is 0 Å². The first kappa shape index (κ1) is 23.4. The van der Waals surface area contributed by atoms with E-state index in [9.17, 15) is 22.8 Å². The molecule has 0 bridgehead atoms. The van der Waals surface area contributed by atoms with Crippen LogP contribution in [0.25, 0.3) is 0 Å². The van der Waals surface area contributed by atoms with Gasteiger partial charge in [-0.05, 0) is 47.0 Å². The average molecular weight is 433 g/mol. The molecule has 9 nitrogen and oxygen atoms in total. The molecule has 166 valence electrons. The van der Waals surface area contributed by atoms with Gasteiger partial charge >= 0.3 is 12.1 Å². The molecule has 29 heavy (non-hydrogen) atoms. The predicted octanol–water partition coefficient (Wildman–Crippen LogP) is 1.21. The summed E-state index contributed by atoms with van der Waals surface area (Å²) in [5.41, 5.74) is -0.617. The number of hydrogen-bond donors (Lipinski definition) is 0. The lowest BCUT2D eigenvalue weighted by molar-refractivity contribution is -0.157. The molecule has 2 fully saturated rings. The zero-order valence-electron chi connectivity index (χ0n) is 17.7. The number of carbonyl (C=O) groups is 3. The lowest BCUT2D eigenvalue weighted by Gasteiger charge is -2.33. The fourth-order valence-electron chi connectivity index (χ4n) is 3.65. The van der Waals surface area contributed by atoms with Crippen molar-refractivity contribution in [1.82, 2.24) is 9.80 Å². The standard InChI is InChI=1S/C19H32N2O7S/c1-5-21(15-8-10-29(25,26)13-15)16(22)12-27-17(23)14-7-6-9-20(11-14)18(24)28-19(2,3)4/h14-15H,5-13H2,1-4H3. The maximum absolute atomic E-state index is 12.5. The number of piperidine rings is 1. The van der Waals surface area contributed by atoms with E-state index in [-0.39, 0.29) is 24.1 Å². The molecule has 2 unspecified atom stereocenters. The summed E-state index contributed by atoms with van der Waals surface area (Å²) in [6, 6.07) is -0.367. The van der Waals surface area contributed by atoms with Crippen molar-refractivity contribution in [2.45, 2.75) is 58.6 Å². The van der Waals surface area contributed by atoms with Crippen LogP contribution in [-0.2, 0) is 28.9 Å². The Labute approximate surface area is 172 Å². The molecular weight excluding hydrogens is 400 g/mol. The fourth-order valence-corrected chi connectivity index (χ4v) is 5.39. The third-order valence-corrected chi connectivity index (χ3v) is 6.80. The first-order chi connectivity index (χ1) is 13.4. The van der Waals surface area contributed by atoms with E-state index in [2.05, 4.69) is 0 Å². The van der Waals surface area contributed by atoms with Crippen LogP contribution >= 0.6 is 0 Å². The smallest absolute Gasteiger partial charge is 0.410 e. The third kappa shape index (κ3) is 6.87. The minimum absolute atomic E-state index is 0.0476. The summed E-state index contributed by atoms with van der Waals surface area (Å²) >= 11 is 0. The normalized spacial score (nSPS) is 24.1. The van der Waals surface area contributed by atoms with E-state index in [0.717, 1.165) is 0 Å². The van der Waals surface area contributed by atoms with E-state index >= 15 is 0 Å². The van der Waals surface area contributed by atoms with Crippen LogP contribution in [0, 0.1) is 5.92 Å². The third-order valence-electron chi connectivity index (χ3n) is 5.05. The van der Waals surface area contributed by atoms with E-state index < -0.39 is 45.9 Å². The molecule has 0 saturated carbocycles. The summed E-state index contributed by atoms with van der Waals surface area (Å²) in [5.74, 6) is -1.41. The highest BCUT2D eigenvalue weighted by molar-refractivity contribution is 7.91. The average Bonchev–Trinajstić information content (AvgIpc) is 2.98. The molecule has 0 N–H and O–H groups in total. The molecule has 0 aromatic carbocycles. The quantitative estimate of drug-likeness (QED) is 0.601. The molecule has 2 heterocycles. The number of hydrogen-bond acceptors (Lipinski definition) is 7. The topological polar surface area (TPSA) is 110 Å². The molecule has 0 spiro atoms. The molecule has 2 atom stereocenters. The van der Waals surface area contributed by atoms with Crippen LogP contribution in [0.2, 0.25) is 0 Å². The largest absolute Gasteiger partial charge is 0.455 e. The van der Waals surface area contributed by atoms with Crippen molar-refractivity contribution in [1.29, 1.82) is 0 Å². The van der Waals surface area contributed by atoms with E-state index in [4.69, 9.17) is 9.47 Å². The van der Waals surface area contributed by atoms with Crippen LogP contribution in [-0.4, -0.2) is 85.6 Å². The molecule has 2 amide bonds. The molecule has 2 aliphatic rings. The first-order valence-corrected chi connectivity index (χ1v) is 11.9. The molecule has 2 aliphatic heterocycles. The van der Waals surface area contributed by atoms with Crippen LogP contribution in [0.1, 0.15) is 47.0 Å². The summed E-state index contributed by atoms with van der Waals surface area (Å²) in [6.07, 6.45) is 1.16. The van der Waals surface area contributed by atoms with E-state index in [0.29, 0.717) is 32.4 Å². The van der Waals surface area contributed by atoms with Gasteiger partial charge in [-0.15, -0.1) is 0 Å². The molecule has 2 saturated heterocycles. The van der Waals surface area contributed by atoms with Crippen molar-refractivity contribution in [3.05, 3.63) is 0 Å². The van der Waals surface area contributed by atoms with Gasteiger partial charge in [0.1, 0.15) is 5.60 Å². The monoisotopic (exact) mass is 432 g/mol. The van der Waals surface area contributed by atoms with Crippen LogP contribution in [0.15, 0.2) is 0 Å². The van der Waals surface area contributed by atoms with Gasteiger partial charge in [-0.1, -0.05) is 0 Å². The Morgan fingerprint density at radius 3 is 2.41 bits per heavy atom. The second-order valence-electron chi connectivity index (χ2n) is 8.61. The zero-order valence-corrected chi connectivity index (χ0v) is 18.5. The van der Waals surface area contributed by atoms with Crippen LogP contribution in [0.5, 0.6) is 0 Å². The van der Waals surface area contributed by atoms with Gasteiger partial charge in [-0.3, -0.25) is 9.59 Å². The second-order valence-corrected chi connectivity index (χ2v) is 10.8. The molecule has 0 radical (unpaired) electrons. The first-order valence-electron chi connectivity index (χ1n) is 10.1. The number of rotatable bonds is 5. The molecule has 0 aromatic rings. The Balaban J connectivity index is 1.86. The van der Waals surface area contributed by atoms with Crippen molar-refractivity contribution in [2.75, 3.05) is 37.7 Å². The Morgan fingerprint density at radius 1 is 1.17 bits per heavy atom. The number of likely N-dealkylation sites (tertiary alicyclic amines) is 1. The Kier molecular flexibility index (Phi) is 7.53. The van der Waals surface area contributed by atoms with Gasteiger partial charge in [0, 0.05) is 25.7 Å². The summed E-state index contributed by atoms with van der Waals surface area (Å²) < 4.78 is 33.9. The predicted molar refractivity (Wildman–Crippen MR) is 106 cm³/mol. The van der Waals surface area contributed by atoms with Gasteiger partial charge in [0.15, 0.2) is 16.4 Å². The van der Waals surface area contributed by atoms with Crippen molar-refractivity contribution in [3.8, 4) is 0 Å². The summed E-state index contributed by atoms with van der Waals surface area (Å²) in [7, 11) is -3.11. The van der Waals surface area contributed by atoms with Gasteiger partial charge in [0.25, 0.3) is 5.91 Å². The van der Waals surface area contributed by atoms with Crippen molar-refractivity contribution < 1.29 is 32.3 Å². The second kappa shape index (κ2) is 9.32. The zero-order chi connectivity index (χ0) is 21.8. The van der Waals surface area contributed by atoms with E-state index in [1.165, 1.54) is 9.80 Å². The minimum atomic E-state index is -3.11. The highest BCUT2D eigenvalue weighted by Gasteiger charge is 2.35. The fraction of sp³-hybridized carbons (Fsp3) is 0.842. The number of sulfone groups is 1. The van der Waals surface area contributed by atoms with Gasteiger partial charge in [-0.25, -0.2) is 13.2 Å². The van der Waals surface area contributed by atoms with Crippen LogP contribution < -0.4 is 0 Å². The highest BCUT2D eigenvalue weighted by atomic mass is 32.2. The SMILES string of the molecule is CCN(C(=O)COC(=O)C1CCCN(C(=O)OC(C)(C)C)C1)C1CCS(=O)(=O)C1. The maximum Gasteiger partial charge on any atom is 0.410 e. The number of nitrogens with zero attached hydrogens (tertiary/aromatic N) is 2. The minimum Gasteiger partial charge on any atom is -0.455 e. The van der Waals surface area contributed by atoms with E-state index in [1.54, 1.807) is 27.7 Å². The number of likely N-dealkylation sites (N-methyl/N-ethyl adjacent to an activating group) is 1. The number of carbonyl (C=O) groups excluding carboxylic acids is 3. The Bertz CT molecular complexity index is 729. The lowest BCUT2D eigenvalue weighted by Crippen LogP contribution is -2.46. The number of esters is 1. The Morgan fingerprint density at radius 2 is 1.86 bits per heavy atom. The highest BCUT2D eigenvalue weighted by Crippen LogP contribution is 2.21. The number of amides is 2. The van der Waals surface area contributed by atoms with Gasteiger partial charge in [0.05, 0.1) is 17.4 Å². The molecule has 2 rings (SSSR count). The Hall–Kier alpha value is -1.84. The van der Waals surface area contributed by atoms with Crippen molar-refractivity contribution >= 4 is 27.8 Å². The lowest BCUT2D eigenvalue weighted by atomic mass is 9.98. The number of ether oxygens (including phenoxy) is 2. The van der Waals surface area contributed by atoms with Gasteiger partial charge in [-0.2, -0.15) is 0 Å². The molecule has 0 aliphatic carbocycles. The van der Waals surface area contributed by atoms with Crippen LogP contribution in [0.3, 0.4) is 0 Å². The molecule has 0 aromatic heterocycles.